The van der Waals surface area contributed by atoms with Crippen LogP contribution in [0.1, 0.15) is 23.0 Å². The molecule has 2 heterocycles. The molecule has 3 aromatic rings. The number of alkyl halides is 5. The molecule has 0 saturated heterocycles. The van der Waals surface area contributed by atoms with Crippen molar-refractivity contribution in [2.24, 2.45) is 0 Å². The maximum atomic E-state index is 13.3. The second kappa shape index (κ2) is 7.99. The van der Waals surface area contributed by atoms with Crippen LogP contribution < -0.4 is 4.74 Å². The lowest BCUT2D eigenvalue weighted by atomic mass is 10.2. The van der Waals surface area contributed by atoms with Crippen LogP contribution in [0.2, 0.25) is 5.02 Å². The zero-order valence-electron chi connectivity index (χ0n) is 15.5. The van der Waals surface area contributed by atoms with Gasteiger partial charge in [-0.15, -0.1) is 11.3 Å². The van der Waals surface area contributed by atoms with Crippen LogP contribution in [0.15, 0.2) is 27.8 Å². The van der Waals surface area contributed by atoms with E-state index in [-0.39, 0.29) is 38.7 Å². The molecule has 0 aliphatic heterocycles. The SMILES string of the molecule is CC(=O)Oc1c(C)n(C(=O)c2csc(SC(F)(F)C(F)(F)F)c2)c2ccc(O)c(Cl)c12. The van der Waals surface area contributed by atoms with Gasteiger partial charge in [0.05, 0.1) is 31.4 Å². The van der Waals surface area contributed by atoms with Crippen LogP contribution >= 0.6 is 34.7 Å². The highest BCUT2D eigenvalue weighted by Crippen LogP contribution is 2.49. The number of phenolic OH excluding ortho intramolecular Hbond substituents is 1. The van der Waals surface area contributed by atoms with Gasteiger partial charge in [-0.25, -0.2) is 0 Å². The monoisotopic (exact) mass is 499 g/mol. The Balaban J connectivity index is 2.08. The number of aromatic nitrogens is 1. The summed E-state index contributed by atoms with van der Waals surface area (Å²) in [5.74, 6) is -1.93. The summed E-state index contributed by atoms with van der Waals surface area (Å²) < 4.78 is 69.7. The fourth-order valence-electron chi connectivity index (χ4n) is 2.75. The summed E-state index contributed by atoms with van der Waals surface area (Å²) in [7, 11) is 0. The summed E-state index contributed by atoms with van der Waals surface area (Å²) in [5.41, 5.74) is 0.0929. The van der Waals surface area contributed by atoms with Crippen molar-refractivity contribution >= 4 is 57.5 Å². The number of rotatable bonds is 4. The van der Waals surface area contributed by atoms with Gasteiger partial charge in [-0.1, -0.05) is 11.6 Å². The van der Waals surface area contributed by atoms with Crippen LogP contribution in [0.5, 0.6) is 11.5 Å². The largest absolute Gasteiger partial charge is 0.506 e. The Hall–Kier alpha value is -2.31. The Morgan fingerprint density at radius 3 is 2.45 bits per heavy atom. The van der Waals surface area contributed by atoms with Gasteiger partial charge in [0.1, 0.15) is 5.75 Å². The molecule has 0 aliphatic carbocycles. The molecule has 0 aliphatic rings. The smallest absolute Gasteiger partial charge is 0.464 e. The van der Waals surface area contributed by atoms with E-state index in [4.69, 9.17) is 16.3 Å². The topological polar surface area (TPSA) is 68.5 Å². The van der Waals surface area contributed by atoms with Crippen LogP contribution in [0, 0.1) is 6.92 Å². The number of carbonyl (C=O) groups is 2. The van der Waals surface area contributed by atoms with Crippen LogP contribution in [-0.2, 0) is 4.79 Å². The van der Waals surface area contributed by atoms with E-state index >= 15 is 0 Å². The molecule has 0 saturated carbocycles. The summed E-state index contributed by atoms with van der Waals surface area (Å²) >= 11 is 5.95. The minimum absolute atomic E-state index is 0.0659. The average Bonchev–Trinajstić information content (AvgIpc) is 3.19. The van der Waals surface area contributed by atoms with E-state index in [0.29, 0.717) is 11.3 Å². The molecule has 1 aromatic carbocycles. The minimum Gasteiger partial charge on any atom is -0.506 e. The molecule has 31 heavy (non-hydrogen) atoms. The summed E-state index contributed by atoms with van der Waals surface area (Å²) in [6.45, 7) is 2.54. The molecule has 3 rings (SSSR count). The Morgan fingerprint density at radius 2 is 1.87 bits per heavy atom. The average molecular weight is 500 g/mol. The predicted molar refractivity (Wildman–Crippen MR) is 106 cm³/mol. The van der Waals surface area contributed by atoms with Gasteiger partial charge in [0.25, 0.3) is 5.91 Å². The number of carbonyl (C=O) groups excluding carboxylic acids is 2. The Labute approximate surface area is 184 Å². The van der Waals surface area contributed by atoms with E-state index in [1.165, 1.54) is 19.1 Å². The van der Waals surface area contributed by atoms with Crippen LogP contribution in [0.3, 0.4) is 0 Å². The molecule has 0 bridgehead atoms. The lowest BCUT2D eigenvalue weighted by molar-refractivity contribution is -0.237. The van der Waals surface area contributed by atoms with E-state index in [0.717, 1.165) is 22.9 Å². The zero-order chi connectivity index (χ0) is 23.3. The summed E-state index contributed by atoms with van der Waals surface area (Å²) in [5, 5.41) is 5.87. The number of aromatic hydroxyl groups is 1. The van der Waals surface area contributed by atoms with Gasteiger partial charge in [0.2, 0.25) is 0 Å². The zero-order valence-corrected chi connectivity index (χ0v) is 17.9. The third-order valence-corrected chi connectivity index (χ3v) is 6.51. The lowest BCUT2D eigenvalue weighted by Gasteiger charge is -2.17. The van der Waals surface area contributed by atoms with Crippen LogP contribution in [-0.4, -0.2) is 33.0 Å². The standard InChI is InChI=1S/C18H11ClF5NO4S2/c1-7-15(29-8(2)26)13-10(3-4-11(27)14(13)19)25(7)16(28)9-5-12(30-6-9)31-18(23,24)17(20,21)22/h3-6,27H,1-2H3. The molecule has 1 N–H and O–H groups in total. The van der Waals surface area contributed by atoms with Crippen molar-refractivity contribution in [1.82, 2.24) is 4.57 Å². The first-order valence-corrected chi connectivity index (χ1v) is 10.3. The molecule has 2 aromatic heterocycles. The molecular weight excluding hydrogens is 489 g/mol. The highest BCUT2D eigenvalue weighted by atomic mass is 35.5. The molecule has 0 unspecified atom stereocenters. The Kier molecular flexibility index (Phi) is 6.02. The lowest BCUT2D eigenvalue weighted by Crippen LogP contribution is -2.32. The summed E-state index contributed by atoms with van der Waals surface area (Å²) in [6, 6.07) is 3.44. The molecule has 0 atom stereocenters. The van der Waals surface area contributed by atoms with Crippen molar-refractivity contribution in [2.45, 2.75) is 29.5 Å². The van der Waals surface area contributed by atoms with E-state index in [1.54, 1.807) is 0 Å². The molecular formula is C18H11ClF5NO4S2. The third-order valence-electron chi connectivity index (χ3n) is 4.06. The van der Waals surface area contributed by atoms with Crippen molar-refractivity contribution in [3.8, 4) is 11.5 Å². The van der Waals surface area contributed by atoms with Crippen molar-refractivity contribution in [3.05, 3.63) is 39.9 Å². The number of phenols is 1. The maximum Gasteiger partial charge on any atom is 0.464 e. The third kappa shape index (κ3) is 4.23. The van der Waals surface area contributed by atoms with Crippen molar-refractivity contribution < 1.29 is 41.4 Å². The fraction of sp³-hybridized carbons (Fsp3) is 0.222. The van der Waals surface area contributed by atoms with Crippen LogP contribution in [0.25, 0.3) is 10.9 Å². The highest BCUT2D eigenvalue weighted by molar-refractivity contribution is 8.02. The number of ether oxygens (including phenoxy) is 1. The van der Waals surface area contributed by atoms with Gasteiger partial charge in [-0.3, -0.25) is 14.2 Å². The van der Waals surface area contributed by atoms with Gasteiger partial charge in [-0.05, 0) is 36.9 Å². The van der Waals surface area contributed by atoms with Crippen molar-refractivity contribution in [1.29, 1.82) is 0 Å². The number of nitrogens with zero attached hydrogens (tertiary/aromatic N) is 1. The fourth-order valence-corrected chi connectivity index (χ4v) is 4.80. The molecule has 0 radical (unpaired) electrons. The second-order valence-corrected chi connectivity index (χ2v) is 8.92. The summed E-state index contributed by atoms with van der Waals surface area (Å²) in [4.78, 5) is 24.5. The molecule has 0 fully saturated rings. The predicted octanol–water partition coefficient (Wildman–Crippen LogP) is 6.23. The number of hydrogen-bond donors (Lipinski definition) is 1. The first kappa shape index (κ1) is 23.4. The molecule has 5 nitrogen and oxygen atoms in total. The first-order chi connectivity index (χ1) is 14.2. The minimum atomic E-state index is -5.75. The van der Waals surface area contributed by atoms with Gasteiger partial charge in [0, 0.05) is 12.3 Å². The molecule has 0 amide bonds. The van der Waals surface area contributed by atoms with Crippen molar-refractivity contribution in [3.63, 3.8) is 0 Å². The van der Waals surface area contributed by atoms with Crippen molar-refractivity contribution in [2.75, 3.05) is 0 Å². The molecule has 13 heteroatoms. The number of thioether (sulfide) groups is 1. The van der Waals surface area contributed by atoms with Gasteiger partial charge in [0.15, 0.2) is 5.75 Å². The van der Waals surface area contributed by atoms with Gasteiger partial charge in [-0.2, -0.15) is 22.0 Å². The number of fused-ring (bicyclic) bond motifs is 1. The number of hydrogen-bond acceptors (Lipinski definition) is 6. The van der Waals surface area contributed by atoms with E-state index in [2.05, 4.69) is 0 Å². The highest BCUT2D eigenvalue weighted by Gasteiger charge is 2.58. The Bertz CT molecular complexity index is 1200. The Morgan fingerprint density at radius 1 is 1.23 bits per heavy atom. The number of esters is 1. The second-order valence-electron chi connectivity index (χ2n) is 6.21. The van der Waals surface area contributed by atoms with E-state index in [1.807, 2.05) is 0 Å². The normalized spacial score (nSPS) is 12.4. The van der Waals surface area contributed by atoms with Gasteiger partial charge >= 0.3 is 17.4 Å². The maximum absolute atomic E-state index is 13.3. The molecule has 0 spiro atoms. The molecule has 166 valence electrons. The quantitative estimate of drug-likeness (QED) is 0.262. The summed E-state index contributed by atoms with van der Waals surface area (Å²) in [6.07, 6.45) is -5.75. The number of halogens is 6. The van der Waals surface area contributed by atoms with E-state index < -0.39 is 39.3 Å². The van der Waals surface area contributed by atoms with Gasteiger partial charge < -0.3 is 9.84 Å². The number of thiophene rings is 1. The first-order valence-electron chi connectivity index (χ1n) is 8.22. The number of benzene rings is 1. The van der Waals surface area contributed by atoms with E-state index in [9.17, 15) is 36.6 Å². The van der Waals surface area contributed by atoms with Crippen LogP contribution in [0.4, 0.5) is 22.0 Å².